The van der Waals surface area contributed by atoms with E-state index in [0.717, 1.165) is 13.0 Å². The monoisotopic (exact) mass is 474 g/mol. The van der Waals surface area contributed by atoms with E-state index >= 15 is 0 Å². The van der Waals surface area contributed by atoms with Crippen LogP contribution in [0, 0.1) is 0 Å². The Morgan fingerprint density at radius 2 is 1.62 bits per heavy atom. The van der Waals surface area contributed by atoms with Crippen LogP contribution in [-0.2, 0) is 9.16 Å². The van der Waals surface area contributed by atoms with Crippen LogP contribution in [0.3, 0.4) is 0 Å². The van der Waals surface area contributed by atoms with Crippen molar-refractivity contribution in [1.29, 1.82) is 0 Å². The Morgan fingerprint density at radius 3 is 2.24 bits per heavy atom. The third kappa shape index (κ3) is 6.16. The number of hydrogen-bond donors (Lipinski definition) is 0. The van der Waals surface area contributed by atoms with Crippen LogP contribution < -0.4 is 4.46 Å². The van der Waals surface area contributed by atoms with Gasteiger partial charge in [-0.25, -0.2) is 0 Å². The molecule has 1 aliphatic rings. The SMILES string of the molecule is CC(C)(C)[Si](C)(C)O[C@H]1CCO[C@H](/C=C/c2ccccc2)[C@H]1[Se]c1ccccc1. The van der Waals surface area contributed by atoms with Crippen molar-refractivity contribution < 1.29 is 9.16 Å². The van der Waals surface area contributed by atoms with Gasteiger partial charge in [0.05, 0.1) is 0 Å². The van der Waals surface area contributed by atoms with Gasteiger partial charge >= 0.3 is 184 Å². The quantitative estimate of drug-likeness (QED) is 0.502. The molecule has 2 nitrogen and oxygen atoms in total. The minimum absolute atomic E-state index is 0.0962. The molecule has 0 saturated carbocycles. The van der Waals surface area contributed by atoms with Crippen LogP contribution in [0.4, 0.5) is 0 Å². The Kier molecular flexibility index (Phi) is 7.58. The molecular formula is C25H34O2SeSi. The van der Waals surface area contributed by atoms with Crippen molar-refractivity contribution in [2.45, 2.75) is 62.3 Å². The summed E-state index contributed by atoms with van der Waals surface area (Å²) in [7, 11) is -1.84. The zero-order valence-electron chi connectivity index (χ0n) is 18.3. The molecule has 29 heavy (non-hydrogen) atoms. The van der Waals surface area contributed by atoms with Crippen LogP contribution in [0.5, 0.6) is 0 Å². The van der Waals surface area contributed by atoms with E-state index in [9.17, 15) is 0 Å². The van der Waals surface area contributed by atoms with E-state index in [1.807, 2.05) is 0 Å². The van der Waals surface area contributed by atoms with Crippen molar-refractivity contribution in [1.82, 2.24) is 0 Å². The summed E-state index contributed by atoms with van der Waals surface area (Å²) in [5.41, 5.74) is 1.22. The Morgan fingerprint density at radius 1 is 1.00 bits per heavy atom. The zero-order valence-corrected chi connectivity index (χ0v) is 21.0. The second kappa shape index (κ2) is 9.76. The molecule has 2 aromatic rings. The van der Waals surface area contributed by atoms with Gasteiger partial charge in [0.15, 0.2) is 0 Å². The van der Waals surface area contributed by atoms with Crippen LogP contribution in [0.1, 0.15) is 32.8 Å². The summed E-state index contributed by atoms with van der Waals surface area (Å²) in [4.78, 5) is 0.382. The molecule has 1 fully saturated rings. The molecule has 1 aliphatic heterocycles. The number of hydrogen-bond acceptors (Lipinski definition) is 2. The van der Waals surface area contributed by atoms with E-state index in [4.69, 9.17) is 9.16 Å². The van der Waals surface area contributed by atoms with Crippen molar-refractivity contribution in [2.24, 2.45) is 0 Å². The van der Waals surface area contributed by atoms with Gasteiger partial charge in [0.2, 0.25) is 0 Å². The standard InChI is InChI=1S/C25H34O2SeSi/c1-25(2,3)29(4,5)27-23-18-19-26-22(17-16-20-12-8-6-9-13-20)24(23)28-21-14-10-7-11-15-21/h6-17,22-24H,18-19H2,1-5H3/b17-16+/t22-,23+,24-/m1/s1. The molecule has 1 heterocycles. The van der Waals surface area contributed by atoms with Gasteiger partial charge in [0.1, 0.15) is 0 Å². The van der Waals surface area contributed by atoms with Gasteiger partial charge in [0, 0.05) is 0 Å². The average molecular weight is 474 g/mol. The zero-order chi connectivity index (χ0) is 20.9. The topological polar surface area (TPSA) is 18.5 Å². The predicted molar refractivity (Wildman–Crippen MR) is 127 cm³/mol. The first kappa shape index (κ1) is 22.5. The van der Waals surface area contributed by atoms with Gasteiger partial charge in [-0.3, -0.25) is 0 Å². The van der Waals surface area contributed by atoms with Gasteiger partial charge in [-0.2, -0.15) is 0 Å². The molecule has 0 aliphatic carbocycles. The van der Waals surface area contributed by atoms with Gasteiger partial charge in [-0.15, -0.1) is 0 Å². The molecule has 4 heteroatoms. The van der Waals surface area contributed by atoms with E-state index in [1.165, 1.54) is 10.0 Å². The summed E-state index contributed by atoms with van der Waals surface area (Å²) in [6.07, 6.45) is 5.80. The number of rotatable bonds is 6. The van der Waals surface area contributed by atoms with E-state index in [2.05, 4.69) is 107 Å². The maximum absolute atomic E-state index is 6.95. The summed E-state index contributed by atoms with van der Waals surface area (Å²) in [6.45, 7) is 12.5. The molecule has 2 aromatic carbocycles. The minimum atomic E-state index is -1.84. The van der Waals surface area contributed by atoms with Gasteiger partial charge in [-0.1, -0.05) is 0 Å². The molecule has 0 unspecified atom stereocenters. The van der Waals surface area contributed by atoms with Crippen molar-refractivity contribution in [3.63, 3.8) is 0 Å². The Hall–Kier alpha value is -1.16. The molecule has 0 bridgehead atoms. The van der Waals surface area contributed by atoms with Gasteiger partial charge in [0.25, 0.3) is 0 Å². The van der Waals surface area contributed by atoms with Gasteiger partial charge < -0.3 is 0 Å². The Bertz CT molecular complexity index is 783. The molecule has 0 aromatic heterocycles. The van der Waals surface area contributed by atoms with Gasteiger partial charge in [-0.05, 0) is 0 Å². The van der Waals surface area contributed by atoms with E-state index in [1.54, 1.807) is 0 Å². The summed E-state index contributed by atoms with van der Waals surface area (Å²) < 4.78 is 14.6. The predicted octanol–water partition coefficient (Wildman–Crippen LogP) is 5.70. The molecule has 0 amide bonds. The molecule has 3 atom stereocenters. The molecule has 3 rings (SSSR count). The average Bonchev–Trinajstić information content (AvgIpc) is 2.69. The van der Waals surface area contributed by atoms with Crippen LogP contribution >= 0.6 is 0 Å². The molecule has 0 N–H and O–H groups in total. The fourth-order valence-corrected chi connectivity index (χ4v) is 7.48. The summed E-state index contributed by atoms with van der Waals surface area (Å²) in [6, 6.07) is 21.4. The fourth-order valence-electron chi connectivity index (χ4n) is 3.21. The Balaban J connectivity index is 1.84. The second-order valence-corrected chi connectivity index (χ2v) is 16.6. The van der Waals surface area contributed by atoms with Crippen LogP contribution in [0.15, 0.2) is 66.7 Å². The molecule has 0 radical (unpaired) electrons. The van der Waals surface area contributed by atoms with Crippen molar-refractivity contribution in [3.05, 3.63) is 72.3 Å². The summed E-state index contributed by atoms with van der Waals surface area (Å²) in [5, 5.41) is 0.213. The van der Waals surface area contributed by atoms with E-state index < -0.39 is 8.32 Å². The fraction of sp³-hybridized carbons (Fsp3) is 0.440. The second-order valence-electron chi connectivity index (χ2n) is 9.21. The third-order valence-corrected chi connectivity index (χ3v) is 13.4. The summed E-state index contributed by atoms with van der Waals surface area (Å²) >= 11 is 0.292. The maximum atomic E-state index is 6.95. The molecule has 156 valence electrons. The number of ether oxygens (including phenoxy) is 1. The van der Waals surface area contributed by atoms with Crippen LogP contribution in [0.2, 0.25) is 22.9 Å². The molecule has 0 spiro atoms. The Labute approximate surface area is 184 Å². The first-order chi connectivity index (χ1) is 13.8. The molecular weight excluding hydrogens is 439 g/mol. The normalized spacial score (nSPS) is 23.4. The van der Waals surface area contributed by atoms with Crippen LogP contribution in [-0.4, -0.2) is 42.1 Å². The van der Waals surface area contributed by atoms with Crippen molar-refractivity contribution in [2.75, 3.05) is 6.61 Å². The van der Waals surface area contributed by atoms with Crippen molar-refractivity contribution in [3.8, 4) is 0 Å². The third-order valence-electron chi connectivity index (χ3n) is 5.95. The van der Waals surface area contributed by atoms with Crippen molar-refractivity contribution >= 4 is 33.8 Å². The number of benzene rings is 2. The molecule has 1 saturated heterocycles. The summed E-state index contributed by atoms with van der Waals surface area (Å²) in [5.74, 6) is 0. The first-order valence-electron chi connectivity index (χ1n) is 10.5. The van der Waals surface area contributed by atoms with Crippen LogP contribution in [0.25, 0.3) is 6.08 Å². The van der Waals surface area contributed by atoms with E-state index in [-0.39, 0.29) is 17.2 Å². The first-order valence-corrected chi connectivity index (χ1v) is 15.3. The van der Waals surface area contributed by atoms with E-state index in [0.29, 0.717) is 19.8 Å².